The van der Waals surface area contributed by atoms with Crippen molar-refractivity contribution >= 4 is 11.6 Å². The van der Waals surface area contributed by atoms with Gasteiger partial charge in [0.2, 0.25) is 5.91 Å². The highest BCUT2D eigenvalue weighted by atomic mass is 16.5. The van der Waals surface area contributed by atoms with Crippen molar-refractivity contribution in [3.63, 3.8) is 0 Å². The monoisotopic (exact) mass is 320 g/mol. The highest BCUT2D eigenvalue weighted by Gasteiger charge is 2.26. The number of aryl methyl sites for hydroxylation is 1. The first kappa shape index (κ1) is 19.3. The molecule has 1 rings (SSSR count). The van der Waals surface area contributed by atoms with Gasteiger partial charge in [-0.2, -0.15) is 0 Å². The molecule has 4 nitrogen and oxygen atoms in total. The van der Waals surface area contributed by atoms with Gasteiger partial charge in [0.1, 0.15) is 5.75 Å². The summed E-state index contributed by atoms with van der Waals surface area (Å²) in [5.74, 6) is 0.777. The van der Waals surface area contributed by atoms with Gasteiger partial charge in [-0.3, -0.25) is 4.79 Å². The van der Waals surface area contributed by atoms with Gasteiger partial charge < -0.3 is 15.8 Å². The number of anilines is 1. The van der Waals surface area contributed by atoms with Crippen LogP contribution in [0, 0.1) is 5.41 Å². The number of nitrogens with one attached hydrogen (secondary N) is 1. The lowest BCUT2D eigenvalue weighted by atomic mass is 9.81. The molecule has 0 saturated heterocycles. The maximum Gasteiger partial charge on any atom is 0.220 e. The van der Waals surface area contributed by atoms with Crippen LogP contribution in [0.4, 0.5) is 5.69 Å². The summed E-state index contributed by atoms with van der Waals surface area (Å²) in [6.45, 7) is 13.2. The summed E-state index contributed by atoms with van der Waals surface area (Å²) in [6, 6.07) is 5.73. The Labute approximate surface area is 140 Å². The van der Waals surface area contributed by atoms with Gasteiger partial charge >= 0.3 is 0 Å². The molecule has 0 saturated carbocycles. The van der Waals surface area contributed by atoms with E-state index in [4.69, 9.17) is 10.5 Å². The second kappa shape index (κ2) is 7.71. The van der Waals surface area contributed by atoms with Gasteiger partial charge in [0, 0.05) is 12.0 Å². The summed E-state index contributed by atoms with van der Waals surface area (Å²) in [4.78, 5) is 12.2. The van der Waals surface area contributed by atoms with Gasteiger partial charge in [-0.05, 0) is 56.7 Å². The van der Waals surface area contributed by atoms with E-state index in [0.29, 0.717) is 30.9 Å². The topological polar surface area (TPSA) is 64.3 Å². The number of amides is 1. The first-order valence-corrected chi connectivity index (χ1v) is 8.34. The number of rotatable bonds is 7. The largest absolute Gasteiger partial charge is 0.492 e. The van der Waals surface area contributed by atoms with Crippen molar-refractivity contribution in [1.29, 1.82) is 0 Å². The minimum Gasteiger partial charge on any atom is -0.492 e. The Bertz CT molecular complexity index is 531. The zero-order valence-corrected chi connectivity index (χ0v) is 15.5. The van der Waals surface area contributed by atoms with Crippen molar-refractivity contribution < 1.29 is 9.53 Å². The van der Waals surface area contributed by atoms with E-state index in [1.807, 2.05) is 25.1 Å². The maximum atomic E-state index is 12.2. The fourth-order valence-corrected chi connectivity index (χ4v) is 3.11. The number of carbonyl (C=O) groups excluding carboxylic acids is 1. The van der Waals surface area contributed by atoms with Crippen LogP contribution in [-0.4, -0.2) is 18.1 Å². The van der Waals surface area contributed by atoms with Crippen LogP contribution >= 0.6 is 0 Å². The fourth-order valence-electron chi connectivity index (χ4n) is 3.11. The summed E-state index contributed by atoms with van der Waals surface area (Å²) in [5.41, 5.74) is 7.61. The lowest BCUT2D eigenvalue weighted by Gasteiger charge is -2.33. The molecule has 1 aromatic rings. The van der Waals surface area contributed by atoms with Gasteiger partial charge in [-0.15, -0.1) is 0 Å². The molecule has 4 heteroatoms. The molecular weight excluding hydrogens is 288 g/mol. The molecular formula is C19H32N2O2. The van der Waals surface area contributed by atoms with Crippen LogP contribution in [0.1, 0.15) is 59.9 Å². The average Bonchev–Trinajstić information content (AvgIpc) is 2.36. The van der Waals surface area contributed by atoms with Crippen molar-refractivity contribution in [1.82, 2.24) is 5.32 Å². The third kappa shape index (κ3) is 7.40. The van der Waals surface area contributed by atoms with Crippen LogP contribution in [0.5, 0.6) is 5.75 Å². The normalized spacial score (nSPS) is 12.1. The Kier molecular flexibility index (Phi) is 6.48. The Morgan fingerprint density at radius 1 is 1.22 bits per heavy atom. The number of ether oxygens (including phenoxy) is 1. The molecule has 0 spiro atoms. The summed E-state index contributed by atoms with van der Waals surface area (Å²) in [6.07, 6.45) is 2.07. The van der Waals surface area contributed by atoms with Crippen molar-refractivity contribution in [3.05, 3.63) is 23.8 Å². The Morgan fingerprint density at radius 2 is 1.87 bits per heavy atom. The van der Waals surface area contributed by atoms with Crippen molar-refractivity contribution in [2.45, 2.75) is 66.3 Å². The summed E-state index contributed by atoms with van der Waals surface area (Å²) >= 11 is 0. The molecule has 0 aliphatic carbocycles. The molecule has 23 heavy (non-hydrogen) atoms. The van der Waals surface area contributed by atoms with Crippen molar-refractivity contribution in [3.8, 4) is 5.75 Å². The van der Waals surface area contributed by atoms with Crippen molar-refractivity contribution in [2.24, 2.45) is 5.41 Å². The minimum absolute atomic E-state index is 0.0757. The molecule has 0 fully saturated rings. The molecule has 0 bridgehead atoms. The zero-order chi connectivity index (χ0) is 17.7. The third-order valence-corrected chi connectivity index (χ3v) is 3.46. The van der Waals surface area contributed by atoms with Gasteiger partial charge in [-0.25, -0.2) is 0 Å². The fraction of sp³-hybridized carbons (Fsp3) is 0.632. The molecule has 0 heterocycles. The first-order chi connectivity index (χ1) is 10.5. The van der Waals surface area contributed by atoms with Gasteiger partial charge in [0.05, 0.1) is 12.3 Å². The number of nitrogen functional groups attached to an aromatic ring is 1. The summed E-state index contributed by atoms with van der Waals surface area (Å²) in [5, 5.41) is 3.13. The molecule has 0 unspecified atom stereocenters. The average molecular weight is 320 g/mol. The van der Waals surface area contributed by atoms with Gasteiger partial charge in [-0.1, -0.05) is 26.8 Å². The molecule has 3 N–H and O–H groups in total. The van der Waals surface area contributed by atoms with E-state index in [9.17, 15) is 4.79 Å². The molecule has 0 aliphatic rings. The molecule has 0 aromatic heterocycles. The van der Waals surface area contributed by atoms with Crippen LogP contribution in [-0.2, 0) is 11.2 Å². The van der Waals surface area contributed by atoms with Crippen molar-refractivity contribution in [2.75, 3.05) is 12.3 Å². The standard InChI is InChI=1S/C19H32N2O2/c1-7-23-16-10-8-14(12-15(16)20)9-11-17(22)21-19(5,6)13-18(2,3)4/h8,10,12H,7,9,11,13,20H2,1-6H3,(H,21,22). The number of nitrogens with two attached hydrogens (primary N) is 1. The van der Waals surface area contributed by atoms with E-state index in [1.165, 1.54) is 0 Å². The smallest absolute Gasteiger partial charge is 0.220 e. The quantitative estimate of drug-likeness (QED) is 0.748. The van der Waals surface area contributed by atoms with Crippen LogP contribution in [0.2, 0.25) is 0 Å². The Morgan fingerprint density at radius 3 is 2.39 bits per heavy atom. The van der Waals surface area contributed by atoms with E-state index in [2.05, 4.69) is 39.9 Å². The second-order valence-electron chi connectivity index (χ2n) is 7.97. The van der Waals surface area contributed by atoms with E-state index in [1.54, 1.807) is 0 Å². The Balaban J connectivity index is 2.55. The maximum absolute atomic E-state index is 12.2. The number of hydrogen-bond acceptors (Lipinski definition) is 3. The second-order valence-corrected chi connectivity index (χ2v) is 7.97. The number of carbonyl (C=O) groups is 1. The van der Waals surface area contributed by atoms with Crippen LogP contribution in [0.25, 0.3) is 0 Å². The number of hydrogen-bond donors (Lipinski definition) is 2. The van der Waals surface area contributed by atoms with Crippen LogP contribution in [0.3, 0.4) is 0 Å². The lowest BCUT2D eigenvalue weighted by molar-refractivity contribution is -0.122. The molecule has 1 aromatic carbocycles. The third-order valence-electron chi connectivity index (χ3n) is 3.46. The first-order valence-electron chi connectivity index (χ1n) is 8.34. The van der Waals surface area contributed by atoms with E-state index in [-0.39, 0.29) is 16.9 Å². The Hall–Kier alpha value is -1.71. The molecule has 130 valence electrons. The number of benzene rings is 1. The lowest BCUT2D eigenvalue weighted by Crippen LogP contribution is -2.45. The molecule has 0 radical (unpaired) electrons. The summed E-state index contributed by atoms with van der Waals surface area (Å²) < 4.78 is 5.43. The minimum atomic E-state index is -0.201. The van der Waals surface area contributed by atoms with Gasteiger partial charge in [0.15, 0.2) is 0 Å². The molecule has 0 aliphatic heterocycles. The molecule has 0 atom stereocenters. The van der Waals surface area contributed by atoms with E-state index < -0.39 is 0 Å². The predicted molar refractivity (Wildman–Crippen MR) is 96.6 cm³/mol. The highest BCUT2D eigenvalue weighted by Crippen LogP contribution is 2.27. The van der Waals surface area contributed by atoms with Crippen LogP contribution < -0.4 is 15.8 Å². The molecule has 1 amide bonds. The highest BCUT2D eigenvalue weighted by molar-refractivity contribution is 5.77. The zero-order valence-electron chi connectivity index (χ0n) is 15.5. The summed E-state index contributed by atoms with van der Waals surface area (Å²) in [7, 11) is 0. The van der Waals surface area contributed by atoms with Crippen LogP contribution in [0.15, 0.2) is 18.2 Å². The van der Waals surface area contributed by atoms with E-state index in [0.717, 1.165) is 12.0 Å². The van der Waals surface area contributed by atoms with E-state index >= 15 is 0 Å². The predicted octanol–water partition coefficient (Wildman–Crippen LogP) is 3.93. The van der Waals surface area contributed by atoms with Gasteiger partial charge in [0.25, 0.3) is 0 Å². The SMILES string of the molecule is CCOc1ccc(CCC(=O)NC(C)(C)CC(C)(C)C)cc1N.